The molecule has 26 heavy (non-hydrogen) atoms. The molecule has 3 rings (SSSR count). The second kappa shape index (κ2) is 7.84. The summed E-state index contributed by atoms with van der Waals surface area (Å²) < 4.78 is 5.43. The van der Waals surface area contributed by atoms with Gasteiger partial charge in [-0.1, -0.05) is 48.0 Å². The second-order valence-electron chi connectivity index (χ2n) is 5.67. The van der Waals surface area contributed by atoms with Crippen LogP contribution in [0.25, 0.3) is 11.1 Å². The number of carboxylic acids is 1. The quantitative estimate of drug-likeness (QED) is 0.675. The molecule has 2 N–H and O–H groups in total. The minimum Gasteiger partial charge on any atom is -0.484 e. The molecule has 0 atom stereocenters. The molecule has 1 heterocycles. The standard InChI is InChI=1S/C20H17NO4S/c1-13-7-9-15(10-8-13)25-11-17(22)21-19-18(20(23)24)16(12-26-19)14-5-3-2-4-6-14/h2-10,12H,11H2,1H3,(H,21,22)(H,23,24). The summed E-state index contributed by atoms with van der Waals surface area (Å²) in [6.45, 7) is 1.77. The van der Waals surface area contributed by atoms with Gasteiger partial charge < -0.3 is 15.2 Å². The summed E-state index contributed by atoms with van der Waals surface area (Å²) in [7, 11) is 0. The first-order valence-corrected chi connectivity index (χ1v) is 8.82. The lowest BCUT2D eigenvalue weighted by molar-refractivity contribution is -0.118. The minimum atomic E-state index is -1.08. The molecule has 0 radical (unpaired) electrons. The van der Waals surface area contributed by atoms with Crippen LogP contribution in [0.5, 0.6) is 5.75 Å². The summed E-state index contributed by atoms with van der Waals surface area (Å²) in [5, 5.41) is 14.2. The van der Waals surface area contributed by atoms with Crippen LogP contribution in [0, 0.1) is 6.92 Å². The van der Waals surface area contributed by atoms with E-state index in [1.807, 2.05) is 49.4 Å². The highest BCUT2D eigenvalue weighted by molar-refractivity contribution is 7.15. The third-order valence-electron chi connectivity index (χ3n) is 3.73. The Balaban J connectivity index is 1.73. The van der Waals surface area contributed by atoms with Crippen LogP contribution < -0.4 is 10.1 Å². The number of benzene rings is 2. The van der Waals surface area contributed by atoms with Gasteiger partial charge in [-0.05, 0) is 24.6 Å². The average molecular weight is 367 g/mol. The zero-order valence-corrected chi connectivity index (χ0v) is 14.9. The van der Waals surface area contributed by atoms with Crippen LogP contribution in [0.1, 0.15) is 15.9 Å². The molecule has 0 fully saturated rings. The Labute approximate surface area is 154 Å². The second-order valence-corrected chi connectivity index (χ2v) is 6.55. The normalized spacial score (nSPS) is 10.3. The van der Waals surface area contributed by atoms with E-state index < -0.39 is 11.9 Å². The molecule has 1 amide bonds. The first-order valence-electron chi connectivity index (χ1n) is 7.94. The van der Waals surface area contributed by atoms with E-state index in [-0.39, 0.29) is 12.2 Å². The summed E-state index contributed by atoms with van der Waals surface area (Å²) in [5.41, 5.74) is 2.56. The molecule has 0 spiro atoms. The van der Waals surface area contributed by atoms with Gasteiger partial charge in [0.15, 0.2) is 6.61 Å². The highest BCUT2D eigenvalue weighted by Crippen LogP contribution is 2.35. The summed E-state index contributed by atoms with van der Waals surface area (Å²) in [4.78, 5) is 23.8. The van der Waals surface area contributed by atoms with Gasteiger partial charge >= 0.3 is 5.97 Å². The van der Waals surface area contributed by atoms with Gasteiger partial charge in [0.05, 0.1) is 0 Å². The van der Waals surface area contributed by atoms with Crippen molar-refractivity contribution in [1.29, 1.82) is 0 Å². The van der Waals surface area contributed by atoms with Crippen molar-refractivity contribution in [2.45, 2.75) is 6.92 Å². The predicted molar refractivity (Wildman–Crippen MR) is 102 cm³/mol. The van der Waals surface area contributed by atoms with E-state index in [0.717, 1.165) is 11.1 Å². The van der Waals surface area contributed by atoms with Crippen molar-refractivity contribution in [2.24, 2.45) is 0 Å². The molecule has 2 aromatic carbocycles. The number of hydrogen-bond donors (Lipinski definition) is 2. The fraction of sp³-hybridized carbons (Fsp3) is 0.100. The third kappa shape index (κ3) is 4.10. The van der Waals surface area contributed by atoms with Crippen LogP contribution in [0.15, 0.2) is 60.0 Å². The number of anilines is 1. The summed E-state index contributed by atoms with van der Waals surface area (Å²) in [5.74, 6) is -0.908. The smallest absolute Gasteiger partial charge is 0.339 e. The number of ether oxygens (including phenoxy) is 1. The molecule has 0 aliphatic rings. The maximum Gasteiger partial charge on any atom is 0.339 e. The summed E-state index contributed by atoms with van der Waals surface area (Å²) in [6.07, 6.45) is 0. The van der Waals surface area contributed by atoms with Crippen molar-refractivity contribution in [2.75, 3.05) is 11.9 Å². The topological polar surface area (TPSA) is 75.6 Å². The summed E-state index contributed by atoms with van der Waals surface area (Å²) >= 11 is 1.18. The van der Waals surface area contributed by atoms with Gasteiger partial charge in [-0.15, -0.1) is 11.3 Å². The Bertz CT molecular complexity index is 917. The number of nitrogens with one attached hydrogen (secondary N) is 1. The number of carboxylic acid groups (broad SMARTS) is 1. The third-order valence-corrected chi connectivity index (χ3v) is 4.63. The fourth-order valence-corrected chi connectivity index (χ4v) is 3.42. The van der Waals surface area contributed by atoms with E-state index >= 15 is 0 Å². The number of carbonyl (C=O) groups is 2. The van der Waals surface area contributed by atoms with E-state index in [2.05, 4.69) is 5.32 Å². The van der Waals surface area contributed by atoms with Crippen molar-refractivity contribution < 1.29 is 19.4 Å². The largest absolute Gasteiger partial charge is 0.484 e. The van der Waals surface area contributed by atoms with Crippen LogP contribution in [0.4, 0.5) is 5.00 Å². The molecule has 5 nitrogen and oxygen atoms in total. The minimum absolute atomic E-state index is 0.0879. The van der Waals surface area contributed by atoms with Crippen molar-refractivity contribution in [3.63, 3.8) is 0 Å². The maximum atomic E-state index is 12.2. The van der Waals surface area contributed by atoms with E-state index in [0.29, 0.717) is 16.3 Å². The highest BCUT2D eigenvalue weighted by Gasteiger charge is 2.21. The highest BCUT2D eigenvalue weighted by atomic mass is 32.1. The fourth-order valence-electron chi connectivity index (χ4n) is 2.44. The maximum absolute atomic E-state index is 12.2. The lowest BCUT2D eigenvalue weighted by Crippen LogP contribution is -2.20. The Kier molecular flexibility index (Phi) is 5.34. The van der Waals surface area contributed by atoms with Crippen molar-refractivity contribution in [3.05, 3.63) is 71.1 Å². The van der Waals surface area contributed by atoms with Crippen LogP contribution >= 0.6 is 11.3 Å². The van der Waals surface area contributed by atoms with Crippen LogP contribution in [0.3, 0.4) is 0 Å². The molecule has 0 saturated carbocycles. The zero-order chi connectivity index (χ0) is 18.5. The molecule has 132 valence electrons. The number of aromatic carboxylic acids is 1. The monoisotopic (exact) mass is 367 g/mol. The molecular formula is C20H17NO4S. The van der Waals surface area contributed by atoms with Gasteiger partial charge in [0, 0.05) is 10.9 Å². The number of amides is 1. The van der Waals surface area contributed by atoms with Gasteiger partial charge in [0.2, 0.25) is 0 Å². The molecule has 0 bridgehead atoms. The Morgan fingerprint density at radius 2 is 1.77 bits per heavy atom. The van der Waals surface area contributed by atoms with E-state index in [4.69, 9.17) is 4.74 Å². The van der Waals surface area contributed by atoms with Crippen LogP contribution in [-0.4, -0.2) is 23.6 Å². The van der Waals surface area contributed by atoms with Crippen molar-refractivity contribution in [3.8, 4) is 16.9 Å². The molecular weight excluding hydrogens is 350 g/mol. The van der Waals surface area contributed by atoms with E-state index in [1.165, 1.54) is 11.3 Å². The van der Waals surface area contributed by atoms with Crippen LogP contribution in [0.2, 0.25) is 0 Å². The van der Waals surface area contributed by atoms with E-state index in [9.17, 15) is 14.7 Å². The Hall–Kier alpha value is -3.12. The first-order chi connectivity index (χ1) is 12.5. The lowest BCUT2D eigenvalue weighted by Gasteiger charge is -2.08. The van der Waals surface area contributed by atoms with Crippen molar-refractivity contribution in [1.82, 2.24) is 0 Å². The van der Waals surface area contributed by atoms with Crippen molar-refractivity contribution >= 4 is 28.2 Å². The number of carbonyl (C=O) groups excluding carboxylic acids is 1. The first kappa shape index (κ1) is 17.7. The number of aryl methyl sites for hydroxylation is 1. The average Bonchev–Trinajstić information content (AvgIpc) is 3.06. The number of rotatable bonds is 6. The zero-order valence-electron chi connectivity index (χ0n) is 14.1. The van der Waals surface area contributed by atoms with Gasteiger partial charge in [-0.3, -0.25) is 4.79 Å². The Morgan fingerprint density at radius 3 is 2.42 bits per heavy atom. The molecule has 3 aromatic rings. The lowest BCUT2D eigenvalue weighted by atomic mass is 10.0. The summed E-state index contributed by atoms with van der Waals surface area (Å²) in [6, 6.07) is 16.6. The number of hydrogen-bond acceptors (Lipinski definition) is 4. The van der Waals surface area contributed by atoms with E-state index in [1.54, 1.807) is 17.5 Å². The van der Waals surface area contributed by atoms with Gasteiger partial charge in [0.1, 0.15) is 16.3 Å². The number of thiophene rings is 1. The Morgan fingerprint density at radius 1 is 1.08 bits per heavy atom. The molecule has 0 unspecified atom stereocenters. The van der Waals surface area contributed by atoms with Gasteiger partial charge in [0.25, 0.3) is 5.91 Å². The van der Waals surface area contributed by atoms with Gasteiger partial charge in [-0.25, -0.2) is 4.79 Å². The SMILES string of the molecule is Cc1ccc(OCC(=O)Nc2scc(-c3ccccc3)c2C(=O)O)cc1. The van der Waals surface area contributed by atoms with Gasteiger partial charge in [-0.2, -0.15) is 0 Å². The predicted octanol–water partition coefficient (Wildman–Crippen LogP) is 4.44. The molecule has 0 aliphatic heterocycles. The molecule has 0 saturated heterocycles. The van der Waals surface area contributed by atoms with Crippen LogP contribution in [-0.2, 0) is 4.79 Å². The molecule has 6 heteroatoms. The molecule has 0 aliphatic carbocycles. The molecule has 1 aromatic heterocycles.